The van der Waals surface area contributed by atoms with Gasteiger partial charge in [0, 0.05) is 5.56 Å². The van der Waals surface area contributed by atoms with Gasteiger partial charge in [-0.05, 0) is 41.5 Å². The van der Waals surface area contributed by atoms with Crippen LogP contribution in [0, 0.1) is 0 Å². The van der Waals surface area contributed by atoms with Gasteiger partial charge in [-0.2, -0.15) is 13.2 Å². The van der Waals surface area contributed by atoms with Gasteiger partial charge in [-0.25, -0.2) is 19.4 Å². The molecule has 3 aromatic heterocycles. The number of alkyl halides is 3. The Hall–Kier alpha value is -6.30. The molecule has 0 aliphatic carbocycles. The topological polar surface area (TPSA) is 99.6 Å². The molecule has 3 heterocycles. The highest BCUT2D eigenvalue weighted by atomic mass is 19.4. The Morgan fingerprint density at radius 1 is 0.708 bits per heavy atom. The summed E-state index contributed by atoms with van der Waals surface area (Å²) >= 11 is 0. The maximum absolute atomic E-state index is 13.8. The molecular weight excluding hydrogens is 619 g/mol. The van der Waals surface area contributed by atoms with E-state index in [2.05, 4.69) is 20.4 Å². The van der Waals surface area contributed by atoms with Crippen LogP contribution < -0.4 is 11.0 Å². The molecule has 0 bridgehead atoms. The number of carbonyl (C=O) groups excluding carboxylic acids is 1. The van der Waals surface area contributed by atoms with Gasteiger partial charge in [-0.15, -0.1) is 5.10 Å². The van der Waals surface area contributed by atoms with Crippen LogP contribution in [0.15, 0.2) is 132 Å². The lowest BCUT2D eigenvalue weighted by atomic mass is 10.2. The van der Waals surface area contributed by atoms with Gasteiger partial charge in [0.1, 0.15) is 5.82 Å². The number of nitrogens with one attached hydrogen (secondary N) is 1. The average molecular weight is 646 g/mol. The summed E-state index contributed by atoms with van der Waals surface area (Å²) in [5.74, 6) is -0.692. The van der Waals surface area contributed by atoms with Gasteiger partial charge in [-0.3, -0.25) is 13.9 Å². The summed E-state index contributed by atoms with van der Waals surface area (Å²) < 4.78 is 45.0. The van der Waals surface area contributed by atoms with Crippen LogP contribution in [0.3, 0.4) is 0 Å². The minimum atomic E-state index is -4.57. The quantitative estimate of drug-likeness (QED) is 0.196. The van der Waals surface area contributed by atoms with Crippen molar-refractivity contribution in [1.29, 1.82) is 0 Å². The summed E-state index contributed by atoms with van der Waals surface area (Å²) in [7, 11) is 0. The molecule has 0 spiro atoms. The number of rotatable bonds is 8. The predicted octanol–water partition coefficient (Wildman–Crippen LogP) is 6.81. The van der Waals surface area contributed by atoms with Crippen LogP contribution in [0.4, 0.5) is 19.0 Å². The number of hydrogen-bond donors (Lipinski definition) is 1. The maximum atomic E-state index is 13.8. The highest BCUT2D eigenvalue weighted by Gasteiger charge is 2.31. The van der Waals surface area contributed by atoms with Gasteiger partial charge in [0.15, 0.2) is 11.5 Å². The number of pyridine rings is 1. The van der Waals surface area contributed by atoms with E-state index in [9.17, 15) is 22.8 Å². The second-order valence-electron chi connectivity index (χ2n) is 11.0. The van der Waals surface area contributed by atoms with Crippen molar-refractivity contribution < 1.29 is 18.0 Å². The van der Waals surface area contributed by atoms with Crippen LogP contribution in [-0.2, 0) is 19.3 Å². The largest absolute Gasteiger partial charge is 0.416 e. The number of benzene rings is 4. The first-order chi connectivity index (χ1) is 23.2. The smallest absolute Gasteiger partial charge is 0.304 e. The van der Waals surface area contributed by atoms with E-state index in [4.69, 9.17) is 0 Å². The van der Waals surface area contributed by atoms with Gasteiger partial charge in [-0.1, -0.05) is 97.1 Å². The van der Waals surface area contributed by atoms with Crippen molar-refractivity contribution in [3.63, 3.8) is 0 Å². The molecule has 0 fully saturated rings. The van der Waals surface area contributed by atoms with E-state index in [1.807, 2.05) is 60.7 Å². The molecular formula is C36H26F3N7O2. The first kappa shape index (κ1) is 30.4. The number of carbonyl (C=O) groups is 1. The summed E-state index contributed by atoms with van der Waals surface area (Å²) in [6, 6.07) is 35.7. The fourth-order valence-corrected chi connectivity index (χ4v) is 5.44. The van der Waals surface area contributed by atoms with E-state index < -0.39 is 17.6 Å². The molecule has 9 nitrogen and oxygen atoms in total. The monoisotopic (exact) mass is 645 g/mol. The van der Waals surface area contributed by atoms with E-state index in [0.29, 0.717) is 23.3 Å². The summed E-state index contributed by atoms with van der Waals surface area (Å²) in [5, 5.41) is 7.02. The molecule has 7 aromatic rings. The number of imidazole rings is 1. The summed E-state index contributed by atoms with van der Waals surface area (Å²) in [6.07, 6.45) is -4.57. The van der Waals surface area contributed by atoms with Gasteiger partial charge < -0.3 is 5.32 Å². The molecule has 238 valence electrons. The van der Waals surface area contributed by atoms with E-state index >= 15 is 0 Å². The van der Waals surface area contributed by atoms with Crippen molar-refractivity contribution in [1.82, 2.24) is 28.9 Å². The number of aromatic nitrogens is 6. The van der Waals surface area contributed by atoms with Crippen LogP contribution in [0.2, 0.25) is 0 Å². The molecule has 0 saturated carbocycles. The van der Waals surface area contributed by atoms with Crippen LogP contribution in [-0.4, -0.2) is 34.8 Å². The third-order valence-electron chi connectivity index (χ3n) is 7.73. The lowest BCUT2D eigenvalue weighted by Gasteiger charge is -2.10. The highest BCUT2D eigenvalue weighted by molar-refractivity contribution is 6.01. The molecule has 4 aromatic carbocycles. The van der Waals surface area contributed by atoms with Crippen molar-refractivity contribution in [2.75, 3.05) is 5.32 Å². The number of nitrogens with zero attached hydrogens (tertiary/aromatic N) is 6. The second kappa shape index (κ2) is 12.5. The standard InChI is InChI=1S/C36H26F3N7O2/c37-36(38,39)27-17-10-18-28(21-27)46-32(26-15-8-3-9-16-26)42-31(43-46)34(47)41-30-20-19-29-33(40-30)45(23-25-13-6-2-7-14-25)35(48)44(29)22-24-11-4-1-5-12-24/h1-21H,22-23H2,(H,40,41,47). The number of anilines is 1. The van der Waals surface area contributed by atoms with Crippen LogP contribution in [0.5, 0.6) is 0 Å². The number of halogens is 3. The zero-order valence-electron chi connectivity index (χ0n) is 25.2. The zero-order chi connectivity index (χ0) is 33.3. The first-order valence-corrected chi connectivity index (χ1v) is 14.9. The number of amides is 1. The fourth-order valence-electron chi connectivity index (χ4n) is 5.44. The molecule has 48 heavy (non-hydrogen) atoms. The second-order valence-corrected chi connectivity index (χ2v) is 11.0. The van der Waals surface area contributed by atoms with Crippen molar-refractivity contribution in [3.05, 3.63) is 160 Å². The zero-order valence-corrected chi connectivity index (χ0v) is 25.2. The molecule has 0 saturated heterocycles. The molecule has 12 heteroatoms. The fraction of sp³-hybridized carbons (Fsp3) is 0.0833. The highest BCUT2D eigenvalue weighted by Crippen LogP contribution is 2.31. The lowest BCUT2D eigenvalue weighted by Crippen LogP contribution is -2.25. The van der Waals surface area contributed by atoms with Crippen LogP contribution in [0.1, 0.15) is 27.3 Å². The minimum absolute atomic E-state index is 0.0828. The number of hydrogen-bond acceptors (Lipinski definition) is 5. The van der Waals surface area contributed by atoms with Crippen molar-refractivity contribution in [3.8, 4) is 17.1 Å². The molecule has 1 amide bonds. The van der Waals surface area contributed by atoms with E-state index in [1.165, 1.54) is 16.8 Å². The Morgan fingerprint density at radius 3 is 1.98 bits per heavy atom. The van der Waals surface area contributed by atoms with Crippen molar-refractivity contribution in [2.45, 2.75) is 19.3 Å². The Kier molecular flexibility index (Phi) is 7.89. The van der Waals surface area contributed by atoms with Crippen molar-refractivity contribution in [2.24, 2.45) is 0 Å². The van der Waals surface area contributed by atoms with E-state index in [-0.39, 0.29) is 35.4 Å². The molecule has 0 radical (unpaired) electrons. The maximum Gasteiger partial charge on any atom is 0.416 e. The van der Waals surface area contributed by atoms with Crippen LogP contribution >= 0.6 is 0 Å². The molecule has 0 unspecified atom stereocenters. The molecule has 0 aliphatic heterocycles. The van der Waals surface area contributed by atoms with Gasteiger partial charge in [0.25, 0.3) is 5.91 Å². The van der Waals surface area contributed by atoms with Crippen molar-refractivity contribution >= 4 is 22.9 Å². The molecule has 1 N–H and O–H groups in total. The summed E-state index contributed by atoms with van der Waals surface area (Å²) in [4.78, 5) is 36.4. The Bertz CT molecular complexity index is 2300. The lowest BCUT2D eigenvalue weighted by molar-refractivity contribution is -0.137. The third-order valence-corrected chi connectivity index (χ3v) is 7.73. The summed E-state index contributed by atoms with van der Waals surface area (Å²) in [6.45, 7) is 0.580. The van der Waals surface area contributed by atoms with Gasteiger partial charge >= 0.3 is 11.9 Å². The number of fused-ring (bicyclic) bond motifs is 1. The van der Waals surface area contributed by atoms with E-state index in [0.717, 1.165) is 23.3 Å². The SMILES string of the molecule is O=C(Nc1ccc2c(n1)n(Cc1ccccc1)c(=O)n2Cc1ccccc1)c1nc(-c2ccccc2)n(-c2cccc(C(F)(F)F)c2)n1. The Labute approximate surface area is 271 Å². The predicted molar refractivity (Wildman–Crippen MR) is 175 cm³/mol. The molecule has 0 atom stereocenters. The minimum Gasteiger partial charge on any atom is -0.304 e. The third kappa shape index (κ3) is 6.10. The Morgan fingerprint density at radius 2 is 1.33 bits per heavy atom. The summed E-state index contributed by atoms with van der Waals surface area (Å²) in [5.41, 5.74) is 2.28. The first-order valence-electron chi connectivity index (χ1n) is 14.9. The van der Waals surface area contributed by atoms with Crippen LogP contribution in [0.25, 0.3) is 28.2 Å². The van der Waals surface area contributed by atoms with Gasteiger partial charge in [0.2, 0.25) is 5.82 Å². The molecule has 7 rings (SSSR count). The van der Waals surface area contributed by atoms with Gasteiger partial charge in [0.05, 0.1) is 29.9 Å². The Balaban J connectivity index is 1.26. The van der Waals surface area contributed by atoms with E-state index in [1.54, 1.807) is 51.6 Å². The average Bonchev–Trinajstić information content (AvgIpc) is 3.66. The molecule has 0 aliphatic rings. The normalized spacial score (nSPS) is 11.6.